The molecule has 17 heavy (non-hydrogen) atoms. The van der Waals surface area contributed by atoms with Gasteiger partial charge in [-0.05, 0) is 18.9 Å². The average molecular weight is 232 g/mol. The van der Waals surface area contributed by atoms with Crippen LogP contribution in [0.3, 0.4) is 0 Å². The Morgan fingerprint density at radius 2 is 1.94 bits per heavy atom. The maximum absolute atomic E-state index is 4.77. The molecule has 2 heterocycles. The predicted octanol–water partition coefficient (Wildman–Crippen LogP) is 1.54. The summed E-state index contributed by atoms with van der Waals surface area (Å²) in [5.74, 6) is 2.79. The van der Waals surface area contributed by atoms with Gasteiger partial charge in [0.25, 0.3) is 0 Å². The fraction of sp³-hybridized carbons (Fsp3) is 0.692. The highest BCUT2D eigenvalue weighted by atomic mass is 15.2. The minimum Gasteiger partial charge on any atom is -0.354 e. The summed E-state index contributed by atoms with van der Waals surface area (Å²) in [5, 5.41) is 3.37. The van der Waals surface area contributed by atoms with Gasteiger partial charge in [-0.3, -0.25) is 0 Å². The molecule has 0 aromatic carbocycles. The molecule has 1 aromatic heterocycles. The SMILES string of the molecule is c1cc(N2CCNCC2)nc(C2CCCC2)n1. The molecule has 2 aliphatic rings. The van der Waals surface area contributed by atoms with Crippen molar-refractivity contribution in [1.82, 2.24) is 15.3 Å². The quantitative estimate of drug-likeness (QED) is 0.840. The van der Waals surface area contributed by atoms with Gasteiger partial charge in [0, 0.05) is 38.3 Å². The Morgan fingerprint density at radius 3 is 2.71 bits per heavy atom. The van der Waals surface area contributed by atoms with E-state index < -0.39 is 0 Å². The average Bonchev–Trinajstić information content (AvgIpc) is 2.94. The molecule has 0 spiro atoms. The minimum atomic E-state index is 0.609. The Hall–Kier alpha value is -1.16. The second-order valence-corrected chi connectivity index (χ2v) is 4.99. The van der Waals surface area contributed by atoms with Gasteiger partial charge in [-0.1, -0.05) is 12.8 Å². The Bertz CT molecular complexity index is 367. The highest BCUT2D eigenvalue weighted by Crippen LogP contribution is 2.32. The lowest BCUT2D eigenvalue weighted by molar-refractivity contribution is 0.580. The van der Waals surface area contributed by atoms with E-state index in [9.17, 15) is 0 Å². The number of piperazine rings is 1. The van der Waals surface area contributed by atoms with E-state index in [0.717, 1.165) is 37.8 Å². The highest BCUT2D eigenvalue weighted by molar-refractivity contribution is 5.38. The van der Waals surface area contributed by atoms with E-state index in [1.165, 1.54) is 25.7 Å². The smallest absolute Gasteiger partial charge is 0.133 e. The van der Waals surface area contributed by atoms with Gasteiger partial charge in [-0.2, -0.15) is 0 Å². The van der Waals surface area contributed by atoms with Crippen LogP contribution in [0.5, 0.6) is 0 Å². The van der Waals surface area contributed by atoms with Crippen LogP contribution in [0.25, 0.3) is 0 Å². The van der Waals surface area contributed by atoms with Crippen LogP contribution < -0.4 is 10.2 Å². The van der Waals surface area contributed by atoms with Crippen molar-refractivity contribution in [3.8, 4) is 0 Å². The van der Waals surface area contributed by atoms with E-state index in [2.05, 4.69) is 15.2 Å². The van der Waals surface area contributed by atoms with Crippen molar-refractivity contribution in [3.05, 3.63) is 18.1 Å². The van der Waals surface area contributed by atoms with Crippen LogP contribution in [-0.2, 0) is 0 Å². The van der Waals surface area contributed by atoms with Crippen molar-refractivity contribution in [2.75, 3.05) is 31.1 Å². The van der Waals surface area contributed by atoms with Crippen molar-refractivity contribution in [2.45, 2.75) is 31.6 Å². The summed E-state index contributed by atoms with van der Waals surface area (Å²) in [6.07, 6.45) is 7.14. The summed E-state index contributed by atoms with van der Waals surface area (Å²) in [4.78, 5) is 11.6. The zero-order chi connectivity index (χ0) is 11.5. The molecule has 3 rings (SSSR count). The number of rotatable bonds is 2. The molecule has 0 radical (unpaired) electrons. The van der Waals surface area contributed by atoms with Crippen LogP contribution in [0, 0.1) is 0 Å². The predicted molar refractivity (Wildman–Crippen MR) is 68.3 cm³/mol. The van der Waals surface area contributed by atoms with Crippen molar-refractivity contribution < 1.29 is 0 Å². The van der Waals surface area contributed by atoms with Crippen LogP contribution in [0.15, 0.2) is 12.3 Å². The molecule has 1 saturated heterocycles. The largest absolute Gasteiger partial charge is 0.354 e. The summed E-state index contributed by atoms with van der Waals surface area (Å²) >= 11 is 0. The summed E-state index contributed by atoms with van der Waals surface area (Å²) in [6.45, 7) is 4.23. The minimum absolute atomic E-state index is 0.609. The molecule has 92 valence electrons. The van der Waals surface area contributed by atoms with E-state index in [-0.39, 0.29) is 0 Å². The lowest BCUT2D eigenvalue weighted by Crippen LogP contribution is -2.44. The number of hydrogen-bond donors (Lipinski definition) is 1. The maximum Gasteiger partial charge on any atom is 0.133 e. The molecule has 0 amide bonds. The monoisotopic (exact) mass is 232 g/mol. The van der Waals surface area contributed by atoms with Gasteiger partial charge in [0.2, 0.25) is 0 Å². The van der Waals surface area contributed by atoms with Crippen molar-refractivity contribution in [3.63, 3.8) is 0 Å². The molecular weight excluding hydrogens is 212 g/mol. The number of anilines is 1. The molecular formula is C13H20N4. The zero-order valence-corrected chi connectivity index (χ0v) is 10.2. The van der Waals surface area contributed by atoms with E-state index in [4.69, 9.17) is 4.98 Å². The Labute approximate surface area is 102 Å². The summed E-state index contributed by atoms with van der Waals surface area (Å²) in [5.41, 5.74) is 0. The Morgan fingerprint density at radius 1 is 1.18 bits per heavy atom. The Balaban J connectivity index is 1.77. The van der Waals surface area contributed by atoms with Gasteiger partial charge in [0.15, 0.2) is 0 Å². The standard InChI is InChI=1S/C13H20N4/c1-2-4-11(3-1)13-15-6-5-12(16-13)17-9-7-14-8-10-17/h5-6,11,14H,1-4,7-10H2. The third-order valence-corrected chi connectivity index (χ3v) is 3.82. The lowest BCUT2D eigenvalue weighted by atomic mass is 10.1. The second-order valence-electron chi connectivity index (χ2n) is 4.99. The molecule has 0 bridgehead atoms. The maximum atomic E-state index is 4.77. The normalized spacial score (nSPS) is 22.0. The summed E-state index contributed by atoms with van der Waals surface area (Å²) < 4.78 is 0. The van der Waals surface area contributed by atoms with Gasteiger partial charge < -0.3 is 10.2 Å². The molecule has 1 aliphatic heterocycles. The van der Waals surface area contributed by atoms with Crippen LogP contribution in [-0.4, -0.2) is 36.1 Å². The van der Waals surface area contributed by atoms with Crippen LogP contribution >= 0.6 is 0 Å². The summed E-state index contributed by atoms with van der Waals surface area (Å²) in [6, 6.07) is 2.05. The molecule has 0 atom stereocenters. The number of aromatic nitrogens is 2. The first-order valence-corrected chi connectivity index (χ1v) is 6.72. The first kappa shape index (κ1) is 11.0. The van der Waals surface area contributed by atoms with Crippen molar-refractivity contribution >= 4 is 5.82 Å². The molecule has 1 aliphatic carbocycles. The third kappa shape index (κ3) is 2.41. The highest BCUT2D eigenvalue weighted by Gasteiger charge is 2.21. The third-order valence-electron chi connectivity index (χ3n) is 3.82. The zero-order valence-electron chi connectivity index (χ0n) is 10.2. The van der Waals surface area contributed by atoms with Gasteiger partial charge in [0.05, 0.1) is 0 Å². The lowest BCUT2D eigenvalue weighted by Gasteiger charge is -2.28. The fourth-order valence-corrected chi connectivity index (χ4v) is 2.81. The molecule has 1 aromatic rings. The van der Waals surface area contributed by atoms with Crippen molar-refractivity contribution in [1.29, 1.82) is 0 Å². The Kier molecular flexibility index (Phi) is 3.22. The van der Waals surface area contributed by atoms with Crippen LogP contribution in [0.1, 0.15) is 37.4 Å². The van der Waals surface area contributed by atoms with Crippen molar-refractivity contribution in [2.24, 2.45) is 0 Å². The van der Waals surface area contributed by atoms with E-state index in [1.54, 1.807) is 0 Å². The van der Waals surface area contributed by atoms with Gasteiger partial charge >= 0.3 is 0 Å². The van der Waals surface area contributed by atoms with E-state index in [1.807, 2.05) is 12.3 Å². The van der Waals surface area contributed by atoms with Gasteiger partial charge in [-0.15, -0.1) is 0 Å². The number of hydrogen-bond acceptors (Lipinski definition) is 4. The first-order valence-electron chi connectivity index (χ1n) is 6.72. The molecule has 4 heteroatoms. The molecule has 4 nitrogen and oxygen atoms in total. The number of nitrogens with one attached hydrogen (secondary N) is 1. The summed E-state index contributed by atoms with van der Waals surface area (Å²) in [7, 11) is 0. The molecule has 2 fully saturated rings. The second kappa shape index (κ2) is 5.00. The fourth-order valence-electron chi connectivity index (χ4n) is 2.81. The van der Waals surface area contributed by atoms with Crippen LogP contribution in [0.2, 0.25) is 0 Å². The first-order chi connectivity index (χ1) is 8.43. The van der Waals surface area contributed by atoms with Gasteiger partial charge in [0.1, 0.15) is 11.6 Å². The number of nitrogens with zero attached hydrogens (tertiary/aromatic N) is 3. The van der Waals surface area contributed by atoms with Crippen LogP contribution in [0.4, 0.5) is 5.82 Å². The van der Waals surface area contributed by atoms with E-state index >= 15 is 0 Å². The van der Waals surface area contributed by atoms with Gasteiger partial charge in [-0.25, -0.2) is 9.97 Å². The molecule has 1 N–H and O–H groups in total. The van der Waals surface area contributed by atoms with E-state index in [0.29, 0.717) is 5.92 Å². The molecule has 0 unspecified atom stereocenters. The topological polar surface area (TPSA) is 41.0 Å². The molecule has 1 saturated carbocycles.